The number of allylic oxidation sites excluding steroid dienone is 4. The van der Waals surface area contributed by atoms with Gasteiger partial charge in [-0.15, -0.1) is 6.42 Å². The first kappa shape index (κ1) is 36.7. The van der Waals surface area contributed by atoms with Crippen LogP contribution in [0.5, 0.6) is 0 Å². The van der Waals surface area contributed by atoms with E-state index < -0.39 is 16.8 Å². The number of hydrogen-bond acceptors (Lipinski definition) is 2. The average Bonchev–Trinajstić information content (AvgIpc) is 2.44. The van der Waals surface area contributed by atoms with E-state index in [-0.39, 0.29) is 37.1 Å². The molecule has 2 nitrogen and oxygen atoms in total. The third-order valence-corrected chi connectivity index (χ3v) is 1.14. The molecular formula is C12H20IrO2-6. The fourth-order valence-corrected chi connectivity index (χ4v) is 0.454. The van der Waals surface area contributed by atoms with Crippen LogP contribution in [-0.2, 0) is 26.4 Å². The summed E-state index contributed by atoms with van der Waals surface area (Å²) >= 11 is -1.08. The van der Waals surface area contributed by atoms with Crippen molar-refractivity contribution >= 4 is 8.79 Å². The van der Waals surface area contributed by atoms with E-state index in [1.807, 2.05) is 12.2 Å². The van der Waals surface area contributed by atoms with Gasteiger partial charge in [-0.25, -0.2) is 12.2 Å². The van der Waals surface area contributed by atoms with Gasteiger partial charge in [0.25, 0.3) is 0 Å². The maximum atomic E-state index is 9.07. The largest absolute Gasteiger partial charge is 0.358 e. The summed E-state index contributed by atoms with van der Waals surface area (Å²) in [4.78, 5) is 18.1. The standard InChI is InChI=1S/C5H5.2CO.5CH3.Ir/c1-2-4-5-3-1;2*1-2;;;;;;/h1-3H,4H2;;;5*1H3;/q-1;;;5*-1;. The molecule has 0 unspecified atom stereocenters. The van der Waals surface area contributed by atoms with Crippen molar-refractivity contribution in [2.45, 2.75) is 6.42 Å². The van der Waals surface area contributed by atoms with Crippen molar-refractivity contribution in [3.63, 3.8) is 0 Å². The van der Waals surface area contributed by atoms with Gasteiger partial charge in [-0.05, 0) is 0 Å². The van der Waals surface area contributed by atoms with Crippen LogP contribution < -0.4 is 0 Å². The average molecular weight is 389 g/mol. The van der Waals surface area contributed by atoms with Crippen LogP contribution in [0.4, 0.5) is 0 Å². The smallest absolute Gasteiger partial charge is 0.109 e. The van der Waals surface area contributed by atoms with Gasteiger partial charge in [0.15, 0.2) is 0 Å². The summed E-state index contributed by atoms with van der Waals surface area (Å²) in [6.45, 7) is 0. The van der Waals surface area contributed by atoms with Crippen molar-refractivity contribution in [1.29, 1.82) is 0 Å². The monoisotopic (exact) mass is 389 g/mol. The molecule has 0 saturated carbocycles. The third-order valence-electron chi connectivity index (χ3n) is 0.654. The Morgan fingerprint density at radius 3 is 1.53 bits per heavy atom. The molecule has 0 aromatic carbocycles. The Morgan fingerprint density at radius 2 is 1.47 bits per heavy atom. The van der Waals surface area contributed by atoms with Crippen LogP contribution in [0.15, 0.2) is 18.2 Å². The normalized spacial score (nSPS) is 7.47. The van der Waals surface area contributed by atoms with Crippen molar-refractivity contribution < 1.29 is 26.4 Å². The number of carbonyl (C=O) groups excluding carboxylic acids is 2. The molecule has 1 aliphatic carbocycles. The van der Waals surface area contributed by atoms with Gasteiger partial charge in [0.2, 0.25) is 0 Å². The van der Waals surface area contributed by atoms with Crippen molar-refractivity contribution in [3.05, 3.63) is 61.4 Å². The molecule has 95 valence electrons. The summed E-state index contributed by atoms with van der Waals surface area (Å²) in [5.74, 6) is 0. The molecule has 3 heteroatoms. The molecule has 1 aliphatic rings. The Kier molecular flexibility index (Phi) is 92.5. The summed E-state index contributed by atoms with van der Waals surface area (Å²) in [5, 5.41) is 0. The third kappa shape index (κ3) is 42.8. The summed E-state index contributed by atoms with van der Waals surface area (Å²) in [7, 11) is 0. The van der Waals surface area contributed by atoms with Crippen LogP contribution in [0.2, 0.25) is 0 Å². The Bertz CT molecular complexity index is 216. The molecule has 0 spiro atoms. The van der Waals surface area contributed by atoms with Crippen LogP contribution in [-0.4, -0.2) is 8.79 Å². The first-order valence-electron chi connectivity index (χ1n) is 2.46. The minimum Gasteiger partial charge on any atom is -0.358 e. The molecule has 0 fully saturated rings. The first-order valence-corrected chi connectivity index (χ1v) is 4.85. The fourth-order valence-electron chi connectivity index (χ4n) is 0.354. The van der Waals surface area contributed by atoms with Crippen molar-refractivity contribution in [2.24, 2.45) is 0 Å². The molecule has 0 heterocycles. The van der Waals surface area contributed by atoms with Crippen LogP contribution in [0, 0.1) is 43.2 Å². The number of hydrogen-bond donors (Lipinski definition) is 0. The van der Waals surface area contributed by atoms with E-state index in [0.29, 0.717) is 0 Å². The predicted molar refractivity (Wildman–Crippen MR) is 65.0 cm³/mol. The fraction of sp³-hybridized carbons (Fsp3) is 0.0833. The minimum absolute atomic E-state index is 0. The van der Waals surface area contributed by atoms with Gasteiger partial charge in [0.1, 0.15) is 0 Å². The van der Waals surface area contributed by atoms with E-state index in [1.54, 1.807) is 0 Å². The van der Waals surface area contributed by atoms with E-state index in [2.05, 4.69) is 12.2 Å². The quantitative estimate of drug-likeness (QED) is 0.598. The molecule has 0 atom stereocenters. The van der Waals surface area contributed by atoms with E-state index >= 15 is 0 Å². The van der Waals surface area contributed by atoms with Gasteiger partial charge < -0.3 is 37.1 Å². The molecule has 15 heavy (non-hydrogen) atoms. The zero-order valence-electron chi connectivity index (χ0n) is 10.1. The van der Waals surface area contributed by atoms with Gasteiger partial charge in [-0.2, -0.15) is 6.08 Å². The number of rotatable bonds is 0. The van der Waals surface area contributed by atoms with Gasteiger partial charge in [-0.3, -0.25) is 6.08 Å². The van der Waals surface area contributed by atoms with E-state index in [1.165, 1.54) is 8.79 Å². The Hall–Kier alpha value is -0.711. The molecule has 0 saturated heterocycles. The topological polar surface area (TPSA) is 34.1 Å². The second kappa shape index (κ2) is 37.8. The maximum absolute atomic E-state index is 9.07. The Labute approximate surface area is 103 Å². The Morgan fingerprint density at radius 1 is 1.00 bits per heavy atom. The summed E-state index contributed by atoms with van der Waals surface area (Å²) in [6, 6.07) is 0. The van der Waals surface area contributed by atoms with Crippen molar-refractivity contribution in [1.82, 2.24) is 0 Å². The van der Waals surface area contributed by atoms with Gasteiger partial charge in [0.05, 0.1) is 0 Å². The first-order chi connectivity index (χ1) is 4.91. The van der Waals surface area contributed by atoms with Crippen molar-refractivity contribution in [2.75, 3.05) is 0 Å². The second-order valence-corrected chi connectivity index (χ2v) is 2.80. The van der Waals surface area contributed by atoms with Crippen LogP contribution >= 0.6 is 0 Å². The maximum Gasteiger partial charge on any atom is -0.109 e. The molecule has 0 aliphatic heterocycles. The van der Waals surface area contributed by atoms with Crippen molar-refractivity contribution in [3.8, 4) is 0 Å². The second-order valence-electron chi connectivity index (χ2n) is 1.22. The molecule has 0 radical (unpaired) electrons. The summed E-state index contributed by atoms with van der Waals surface area (Å²) in [6.07, 6.45) is 10.0. The zero-order valence-corrected chi connectivity index (χ0v) is 12.5. The van der Waals surface area contributed by atoms with Crippen LogP contribution in [0.3, 0.4) is 0 Å². The van der Waals surface area contributed by atoms with Gasteiger partial charge in [0, 0.05) is 0 Å². The van der Waals surface area contributed by atoms with Gasteiger partial charge >= 0.3 is 35.2 Å². The molecular weight excluding hydrogens is 368 g/mol. The molecule has 1 rings (SSSR count). The molecule has 0 amide bonds. The van der Waals surface area contributed by atoms with Gasteiger partial charge in [-0.1, -0.05) is 0 Å². The molecule has 0 aromatic heterocycles. The SMILES string of the molecule is O=[C]=[Ir]=[C]=O.[C-]1=CC=CC1.[CH3-].[CH3-].[CH3-].[CH3-].[CH3-]. The predicted octanol–water partition coefficient (Wildman–Crippen LogP) is 2.76. The molecule has 0 bridgehead atoms. The van der Waals surface area contributed by atoms with Crippen LogP contribution in [0.25, 0.3) is 0 Å². The molecule has 0 aromatic rings. The minimum atomic E-state index is -1.08. The Balaban J connectivity index is -0.0000000202. The van der Waals surface area contributed by atoms with E-state index in [4.69, 9.17) is 9.59 Å². The molecule has 0 N–H and O–H groups in total. The van der Waals surface area contributed by atoms with E-state index in [0.717, 1.165) is 6.42 Å². The zero-order chi connectivity index (χ0) is 7.66. The van der Waals surface area contributed by atoms with E-state index in [9.17, 15) is 0 Å². The van der Waals surface area contributed by atoms with Crippen LogP contribution in [0.1, 0.15) is 6.42 Å². The summed E-state index contributed by atoms with van der Waals surface area (Å²) in [5.41, 5.74) is 0. The summed E-state index contributed by atoms with van der Waals surface area (Å²) < 4.78 is 2.94.